The van der Waals surface area contributed by atoms with Crippen LogP contribution in [0.5, 0.6) is 5.75 Å². The smallest absolute Gasteiger partial charge is 0.142 e. The van der Waals surface area contributed by atoms with E-state index in [-0.39, 0.29) is 6.04 Å². The van der Waals surface area contributed by atoms with Gasteiger partial charge in [0.15, 0.2) is 0 Å². The number of nitrogens with one attached hydrogen (secondary N) is 1. The first-order valence-corrected chi connectivity index (χ1v) is 6.26. The zero-order chi connectivity index (χ0) is 12.7. The maximum Gasteiger partial charge on any atom is 0.142 e. The first-order chi connectivity index (χ1) is 8.21. The predicted octanol–water partition coefficient (Wildman–Crippen LogP) is 3.58. The lowest BCUT2D eigenvalue weighted by Crippen LogP contribution is -2.24. The minimum atomic E-state index is 0.262. The van der Waals surface area contributed by atoms with Crippen molar-refractivity contribution in [2.24, 2.45) is 0 Å². The molecule has 96 valence electrons. The third-order valence-corrected chi connectivity index (χ3v) is 2.70. The third-order valence-electron chi connectivity index (χ3n) is 2.46. The van der Waals surface area contributed by atoms with Crippen LogP contribution in [0.25, 0.3) is 0 Å². The van der Waals surface area contributed by atoms with Crippen LogP contribution in [-0.2, 0) is 4.74 Å². The van der Waals surface area contributed by atoms with Gasteiger partial charge in [0.05, 0.1) is 18.9 Å². The van der Waals surface area contributed by atoms with Crippen molar-refractivity contribution in [1.82, 2.24) is 0 Å². The highest BCUT2D eigenvalue weighted by Crippen LogP contribution is 2.28. The molecule has 0 bridgehead atoms. The Kier molecular flexibility index (Phi) is 6.16. The van der Waals surface area contributed by atoms with Crippen molar-refractivity contribution in [2.75, 3.05) is 25.6 Å². The van der Waals surface area contributed by atoms with Gasteiger partial charge >= 0.3 is 0 Å². The van der Waals surface area contributed by atoms with Gasteiger partial charge in [-0.05, 0) is 31.5 Å². The Bertz CT molecular complexity index is 344. The Morgan fingerprint density at radius 3 is 2.71 bits per heavy atom. The fraction of sp³-hybridized carbons (Fsp3) is 0.538. The fourth-order valence-corrected chi connectivity index (χ4v) is 1.75. The molecule has 0 radical (unpaired) electrons. The molecule has 1 N–H and O–H groups in total. The maximum atomic E-state index is 5.99. The topological polar surface area (TPSA) is 30.5 Å². The van der Waals surface area contributed by atoms with E-state index < -0.39 is 0 Å². The van der Waals surface area contributed by atoms with E-state index in [1.54, 1.807) is 7.11 Å². The minimum Gasteiger partial charge on any atom is -0.492 e. The molecule has 0 aliphatic heterocycles. The summed E-state index contributed by atoms with van der Waals surface area (Å²) in [5.74, 6) is 0.825. The quantitative estimate of drug-likeness (QED) is 0.810. The van der Waals surface area contributed by atoms with Crippen molar-refractivity contribution < 1.29 is 9.47 Å². The van der Waals surface area contributed by atoms with Gasteiger partial charge < -0.3 is 14.8 Å². The van der Waals surface area contributed by atoms with Crippen molar-refractivity contribution in [1.29, 1.82) is 0 Å². The number of halogens is 1. The van der Waals surface area contributed by atoms with E-state index in [2.05, 4.69) is 12.2 Å². The number of hydrogen-bond acceptors (Lipinski definition) is 3. The summed E-state index contributed by atoms with van der Waals surface area (Å²) in [5.41, 5.74) is 0.920. The van der Waals surface area contributed by atoms with Crippen LogP contribution in [0.1, 0.15) is 20.3 Å². The molecule has 0 amide bonds. The molecule has 4 heteroatoms. The first-order valence-electron chi connectivity index (χ1n) is 5.89. The highest BCUT2D eigenvalue weighted by Gasteiger charge is 2.10. The highest BCUT2D eigenvalue weighted by molar-refractivity contribution is 6.30. The Hall–Kier alpha value is -0.930. The molecule has 1 unspecified atom stereocenters. The van der Waals surface area contributed by atoms with Crippen molar-refractivity contribution >= 4 is 17.3 Å². The van der Waals surface area contributed by atoms with Gasteiger partial charge in [-0.3, -0.25) is 0 Å². The molecule has 0 spiro atoms. The lowest BCUT2D eigenvalue weighted by atomic mass is 10.2. The van der Waals surface area contributed by atoms with Crippen molar-refractivity contribution in [2.45, 2.75) is 26.3 Å². The van der Waals surface area contributed by atoms with E-state index in [0.29, 0.717) is 18.2 Å². The zero-order valence-electron chi connectivity index (χ0n) is 10.6. The van der Waals surface area contributed by atoms with Gasteiger partial charge in [0, 0.05) is 18.2 Å². The van der Waals surface area contributed by atoms with Gasteiger partial charge in [-0.15, -0.1) is 0 Å². The fourth-order valence-electron chi connectivity index (χ4n) is 1.58. The molecular formula is C13H20ClNO2. The number of hydrogen-bond donors (Lipinski definition) is 1. The molecular weight excluding hydrogens is 238 g/mol. The summed E-state index contributed by atoms with van der Waals surface area (Å²) in [6.07, 6.45) is 0.978. The molecule has 0 saturated carbocycles. The lowest BCUT2D eigenvalue weighted by molar-refractivity contribution is 0.184. The lowest BCUT2D eigenvalue weighted by Gasteiger charge is -2.19. The van der Waals surface area contributed by atoms with Crippen LogP contribution >= 0.6 is 11.6 Å². The number of rotatable bonds is 7. The molecule has 0 aliphatic rings. The monoisotopic (exact) mass is 257 g/mol. The van der Waals surface area contributed by atoms with Gasteiger partial charge in [-0.25, -0.2) is 0 Å². The van der Waals surface area contributed by atoms with Gasteiger partial charge in [0.1, 0.15) is 5.75 Å². The Balaban J connectivity index is 2.82. The average Bonchev–Trinajstić information content (AvgIpc) is 2.32. The summed E-state index contributed by atoms with van der Waals surface area (Å²) in [4.78, 5) is 0. The Labute approximate surface area is 108 Å². The van der Waals surface area contributed by atoms with Crippen LogP contribution in [0, 0.1) is 0 Å². The van der Waals surface area contributed by atoms with Crippen LogP contribution < -0.4 is 10.1 Å². The molecule has 0 saturated heterocycles. The molecule has 1 aromatic carbocycles. The number of anilines is 1. The molecule has 17 heavy (non-hydrogen) atoms. The van der Waals surface area contributed by atoms with E-state index in [0.717, 1.165) is 17.9 Å². The Morgan fingerprint density at radius 2 is 2.12 bits per heavy atom. The number of methoxy groups -OCH3 is 1. The molecule has 0 heterocycles. The second-order valence-electron chi connectivity index (χ2n) is 3.78. The normalized spacial score (nSPS) is 12.2. The van der Waals surface area contributed by atoms with E-state index in [1.165, 1.54) is 0 Å². The summed E-state index contributed by atoms with van der Waals surface area (Å²) in [7, 11) is 1.70. The highest BCUT2D eigenvalue weighted by atomic mass is 35.5. The minimum absolute atomic E-state index is 0.262. The average molecular weight is 258 g/mol. The van der Waals surface area contributed by atoms with Crippen molar-refractivity contribution in [3.05, 3.63) is 23.2 Å². The van der Waals surface area contributed by atoms with Gasteiger partial charge in [-0.2, -0.15) is 0 Å². The van der Waals surface area contributed by atoms with E-state index >= 15 is 0 Å². The predicted molar refractivity (Wildman–Crippen MR) is 72.2 cm³/mol. The van der Waals surface area contributed by atoms with E-state index in [4.69, 9.17) is 21.1 Å². The molecule has 0 aromatic heterocycles. The van der Waals surface area contributed by atoms with Crippen LogP contribution in [0.4, 0.5) is 5.69 Å². The van der Waals surface area contributed by atoms with Crippen LogP contribution in [0.2, 0.25) is 5.02 Å². The van der Waals surface area contributed by atoms with E-state index in [1.807, 2.05) is 25.1 Å². The standard InChI is InChI=1S/C13H20ClNO2/c1-4-11(9-16-3)15-12-8-10(14)6-7-13(12)17-5-2/h6-8,11,15H,4-5,9H2,1-3H3. The maximum absolute atomic E-state index is 5.99. The Morgan fingerprint density at radius 1 is 1.35 bits per heavy atom. The summed E-state index contributed by atoms with van der Waals surface area (Å²) < 4.78 is 10.7. The summed E-state index contributed by atoms with van der Waals surface area (Å²) in [6.45, 7) is 5.37. The molecule has 1 rings (SSSR count). The third kappa shape index (κ3) is 4.44. The molecule has 0 fully saturated rings. The number of benzene rings is 1. The van der Waals surface area contributed by atoms with Crippen molar-refractivity contribution in [3.63, 3.8) is 0 Å². The second-order valence-corrected chi connectivity index (χ2v) is 4.21. The number of ether oxygens (including phenoxy) is 2. The van der Waals surface area contributed by atoms with Crippen LogP contribution in [0.15, 0.2) is 18.2 Å². The molecule has 1 atom stereocenters. The van der Waals surface area contributed by atoms with Crippen LogP contribution in [0.3, 0.4) is 0 Å². The van der Waals surface area contributed by atoms with Crippen LogP contribution in [-0.4, -0.2) is 26.4 Å². The largest absolute Gasteiger partial charge is 0.492 e. The van der Waals surface area contributed by atoms with Gasteiger partial charge in [0.25, 0.3) is 0 Å². The summed E-state index contributed by atoms with van der Waals surface area (Å²) >= 11 is 5.99. The molecule has 0 aliphatic carbocycles. The van der Waals surface area contributed by atoms with E-state index in [9.17, 15) is 0 Å². The molecule has 1 aromatic rings. The first kappa shape index (κ1) is 14.1. The van der Waals surface area contributed by atoms with Crippen molar-refractivity contribution in [3.8, 4) is 5.75 Å². The zero-order valence-corrected chi connectivity index (χ0v) is 11.4. The molecule has 3 nitrogen and oxygen atoms in total. The summed E-state index contributed by atoms with van der Waals surface area (Å²) in [5, 5.41) is 4.09. The van der Waals surface area contributed by atoms with Gasteiger partial charge in [-0.1, -0.05) is 18.5 Å². The summed E-state index contributed by atoms with van der Waals surface area (Å²) in [6, 6.07) is 5.85. The van der Waals surface area contributed by atoms with Gasteiger partial charge in [0.2, 0.25) is 0 Å². The second kappa shape index (κ2) is 7.41. The SMILES string of the molecule is CCOc1ccc(Cl)cc1NC(CC)COC.